The fourth-order valence-electron chi connectivity index (χ4n) is 3.15. The van der Waals surface area contributed by atoms with Crippen LogP contribution in [0.2, 0.25) is 0 Å². The Morgan fingerprint density at radius 1 is 1.12 bits per heavy atom. The molecule has 26 heavy (non-hydrogen) atoms. The first-order chi connectivity index (χ1) is 12.0. The highest BCUT2D eigenvalue weighted by molar-refractivity contribution is 14.1. The lowest BCUT2D eigenvalue weighted by Crippen LogP contribution is -2.14. The summed E-state index contributed by atoms with van der Waals surface area (Å²) in [5.74, 6) is -4.22. The summed E-state index contributed by atoms with van der Waals surface area (Å²) in [6.07, 6.45) is 2.01. The lowest BCUT2D eigenvalue weighted by Gasteiger charge is -2.13. The van der Waals surface area contributed by atoms with Crippen LogP contribution in [0.3, 0.4) is 0 Å². The second kappa shape index (κ2) is 7.88. The van der Waals surface area contributed by atoms with Crippen LogP contribution in [0.1, 0.15) is 38.8 Å². The summed E-state index contributed by atoms with van der Waals surface area (Å²) >= 11 is 1.58. The average Bonchev–Trinajstić information content (AvgIpc) is 3.09. The Kier molecular flexibility index (Phi) is 6.43. The minimum absolute atomic E-state index is 0.0430. The highest BCUT2D eigenvalue weighted by Gasteiger charge is 2.61. The molecule has 2 rings (SSSR count). The van der Waals surface area contributed by atoms with Gasteiger partial charge in [0, 0.05) is 12.7 Å². The zero-order valence-corrected chi connectivity index (χ0v) is 17.5. The van der Waals surface area contributed by atoms with Gasteiger partial charge < -0.3 is 9.47 Å². The van der Waals surface area contributed by atoms with Gasteiger partial charge in [-0.15, -0.1) is 0 Å². The summed E-state index contributed by atoms with van der Waals surface area (Å²) in [6, 6.07) is 0. The molecule has 0 amide bonds. The van der Waals surface area contributed by atoms with Crippen molar-refractivity contribution < 1.29 is 27.4 Å². The van der Waals surface area contributed by atoms with Gasteiger partial charge in [-0.1, -0.05) is 25.5 Å². The van der Waals surface area contributed by atoms with E-state index in [1.54, 1.807) is 22.6 Å². The van der Waals surface area contributed by atoms with Gasteiger partial charge in [0.05, 0.1) is 21.7 Å². The number of carbonyl (C=O) groups excluding carboxylic acids is 1. The highest BCUT2D eigenvalue weighted by Crippen LogP contribution is 2.59. The van der Waals surface area contributed by atoms with E-state index in [-0.39, 0.29) is 33.0 Å². The molecule has 0 spiro atoms. The van der Waals surface area contributed by atoms with Crippen molar-refractivity contribution in [2.45, 2.75) is 40.9 Å². The number of hydrogen-bond acceptors (Lipinski definition) is 3. The Labute approximate surface area is 165 Å². The monoisotopic (exact) mass is 482 g/mol. The molecular weight excluding hydrogens is 460 g/mol. The maximum absolute atomic E-state index is 14.3. The molecular formula is C19H22F3IO3. The first kappa shape index (κ1) is 21.2. The van der Waals surface area contributed by atoms with E-state index >= 15 is 0 Å². The molecule has 1 aromatic rings. The number of methoxy groups -OCH3 is 1. The smallest absolute Gasteiger partial charge is 0.310 e. The van der Waals surface area contributed by atoms with E-state index in [2.05, 4.69) is 0 Å². The first-order valence-corrected chi connectivity index (χ1v) is 9.26. The van der Waals surface area contributed by atoms with Crippen LogP contribution in [0.25, 0.3) is 0 Å². The van der Waals surface area contributed by atoms with Gasteiger partial charge in [0.15, 0.2) is 11.6 Å². The first-order valence-electron chi connectivity index (χ1n) is 8.18. The van der Waals surface area contributed by atoms with Crippen LogP contribution < -0.4 is 0 Å². The Morgan fingerprint density at radius 3 is 2.23 bits per heavy atom. The lowest BCUT2D eigenvalue weighted by molar-refractivity contribution is -0.147. The SMILES string of the molecule is COCc1c(F)c(F)c(COC(=O)[C@@H]2[C@@H](C=C(C)C)C2(C)C)c(I)c1F. The molecule has 2 atom stereocenters. The maximum atomic E-state index is 14.3. The van der Waals surface area contributed by atoms with E-state index in [1.807, 2.05) is 33.8 Å². The number of carbonyl (C=O) groups is 1. The summed E-state index contributed by atoms with van der Waals surface area (Å²) in [6.45, 7) is 6.89. The van der Waals surface area contributed by atoms with Gasteiger partial charge >= 0.3 is 5.97 Å². The Balaban J connectivity index is 2.18. The molecule has 0 unspecified atom stereocenters. The van der Waals surface area contributed by atoms with Crippen molar-refractivity contribution in [1.29, 1.82) is 0 Å². The van der Waals surface area contributed by atoms with Crippen LogP contribution in [0.4, 0.5) is 13.2 Å². The molecule has 0 aromatic heterocycles. The molecule has 3 nitrogen and oxygen atoms in total. The predicted molar refractivity (Wildman–Crippen MR) is 99.7 cm³/mol. The number of ether oxygens (including phenoxy) is 2. The molecule has 144 valence electrons. The van der Waals surface area contributed by atoms with E-state index in [4.69, 9.17) is 9.47 Å². The van der Waals surface area contributed by atoms with E-state index < -0.39 is 35.6 Å². The molecule has 7 heteroatoms. The minimum atomic E-state index is -1.31. The molecule has 1 aliphatic rings. The van der Waals surface area contributed by atoms with Crippen molar-refractivity contribution in [2.24, 2.45) is 17.3 Å². The molecule has 0 radical (unpaired) electrons. The largest absolute Gasteiger partial charge is 0.460 e. The van der Waals surface area contributed by atoms with Gasteiger partial charge in [0.1, 0.15) is 12.4 Å². The third-order valence-electron chi connectivity index (χ3n) is 4.77. The molecule has 0 N–H and O–H groups in total. The third kappa shape index (κ3) is 3.93. The molecule has 1 fully saturated rings. The molecule has 1 aliphatic carbocycles. The number of hydrogen-bond donors (Lipinski definition) is 0. The summed E-state index contributed by atoms with van der Waals surface area (Å²) in [7, 11) is 1.26. The zero-order valence-electron chi connectivity index (χ0n) is 15.4. The standard InChI is InChI=1S/C19H22F3IO3/c1-9(2)6-12-13(19(12,3)4)18(24)26-8-11-15(21)14(20)10(7-25-5)16(22)17(11)23/h6,12-13H,7-8H2,1-5H3/t12-,13+/m1/s1. The van der Waals surface area contributed by atoms with E-state index in [0.29, 0.717) is 0 Å². The number of benzene rings is 1. The van der Waals surface area contributed by atoms with Crippen LogP contribution in [0.15, 0.2) is 11.6 Å². The molecule has 0 heterocycles. The van der Waals surface area contributed by atoms with Gasteiger partial charge in [-0.25, -0.2) is 13.2 Å². The second-order valence-electron chi connectivity index (χ2n) is 7.32. The normalized spacial score (nSPS) is 20.7. The summed E-state index contributed by atoms with van der Waals surface area (Å²) in [4.78, 5) is 12.4. The lowest BCUT2D eigenvalue weighted by atomic mass is 10.1. The minimum Gasteiger partial charge on any atom is -0.460 e. The third-order valence-corrected chi connectivity index (χ3v) is 5.89. The number of allylic oxidation sites excluding steroid dienone is 2. The van der Waals surface area contributed by atoms with Crippen LogP contribution in [0.5, 0.6) is 0 Å². The van der Waals surface area contributed by atoms with E-state index in [9.17, 15) is 18.0 Å². The maximum Gasteiger partial charge on any atom is 0.310 e. The van der Waals surface area contributed by atoms with Crippen LogP contribution in [0, 0.1) is 38.3 Å². The van der Waals surface area contributed by atoms with Gasteiger partial charge in [-0.3, -0.25) is 4.79 Å². The zero-order chi connectivity index (χ0) is 19.8. The Bertz CT molecular complexity index is 726. The molecule has 0 bridgehead atoms. The quantitative estimate of drug-likeness (QED) is 0.244. The van der Waals surface area contributed by atoms with Crippen LogP contribution in [-0.2, 0) is 27.5 Å². The van der Waals surface area contributed by atoms with Crippen molar-refractivity contribution in [1.82, 2.24) is 0 Å². The van der Waals surface area contributed by atoms with Gasteiger partial charge in [0.25, 0.3) is 0 Å². The number of esters is 1. The Hall–Kier alpha value is -1.09. The average molecular weight is 482 g/mol. The summed E-state index contributed by atoms with van der Waals surface area (Å²) in [5.41, 5.74) is 0.0677. The van der Waals surface area contributed by atoms with Crippen molar-refractivity contribution in [3.63, 3.8) is 0 Å². The predicted octanol–water partition coefficient (Wildman–Crippen LogP) is 5.14. The molecule has 1 saturated carbocycles. The van der Waals surface area contributed by atoms with Gasteiger partial charge in [-0.05, 0) is 47.8 Å². The molecule has 0 aliphatic heterocycles. The van der Waals surface area contributed by atoms with Crippen LogP contribution in [-0.4, -0.2) is 13.1 Å². The van der Waals surface area contributed by atoms with Crippen molar-refractivity contribution in [3.8, 4) is 0 Å². The summed E-state index contributed by atoms with van der Waals surface area (Å²) in [5, 5.41) is 0. The highest BCUT2D eigenvalue weighted by atomic mass is 127. The topological polar surface area (TPSA) is 35.5 Å². The van der Waals surface area contributed by atoms with Crippen molar-refractivity contribution in [2.75, 3.05) is 7.11 Å². The second-order valence-corrected chi connectivity index (χ2v) is 8.40. The van der Waals surface area contributed by atoms with E-state index in [0.717, 1.165) is 5.57 Å². The molecule has 1 aromatic carbocycles. The molecule has 0 saturated heterocycles. The van der Waals surface area contributed by atoms with Gasteiger partial charge in [0.2, 0.25) is 0 Å². The van der Waals surface area contributed by atoms with Crippen molar-refractivity contribution >= 4 is 28.6 Å². The number of rotatable bonds is 6. The fourth-order valence-corrected chi connectivity index (χ4v) is 3.87. The van der Waals surface area contributed by atoms with E-state index in [1.165, 1.54) is 7.11 Å². The van der Waals surface area contributed by atoms with Gasteiger partial charge in [-0.2, -0.15) is 0 Å². The fraction of sp³-hybridized carbons (Fsp3) is 0.526. The summed E-state index contributed by atoms with van der Waals surface area (Å²) < 4.78 is 52.4. The van der Waals surface area contributed by atoms with Crippen molar-refractivity contribution in [3.05, 3.63) is 43.8 Å². The number of halogens is 4. The Morgan fingerprint density at radius 2 is 1.69 bits per heavy atom. The van der Waals surface area contributed by atoms with Crippen LogP contribution >= 0.6 is 22.6 Å².